The number of ether oxygens (including phenoxy) is 1. The van der Waals surface area contributed by atoms with Gasteiger partial charge in [-0.3, -0.25) is 14.9 Å². The van der Waals surface area contributed by atoms with Gasteiger partial charge >= 0.3 is 0 Å². The molecule has 0 radical (unpaired) electrons. The van der Waals surface area contributed by atoms with E-state index in [1.165, 1.54) is 0 Å². The summed E-state index contributed by atoms with van der Waals surface area (Å²) in [6, 6.07) is 16.7. The zero-order valence-corrected chi connectivity index (χ0v) is 14.5. The van der Waals surface area contributed by atoms with Gasteiger partial charge in [-0.25, -0.2) is 0 Å². The molecule has 3 rings (SSSR count). The Kier molecular flexibility index (Phi) is 5.96. The molecule has 26 heavy (non-hydrogen) atoms. The zero-order valence-electron chi connectivity index (χ0n) is 14.5. The monoisotopic (exact) mass is 354 g/mol. The van der Waals surface area contributed by atoms with Gasteiger partial charge in [0.25, 0.3) is 0 Å². The third-order valence-corrected chi connectivity index (χ3v) is 4.64. The summed E-state index contributed by atoms with van der Waals surface area (Å²) in [5.41, 5.74) is 2.48. The summed E-state index contributed by atoms with van der Waals surface area (Å²) >= 11 is 0. The van der Waals surface area contributed by atoms with Gasteiger partial charge in [0, 0.05) is 35.7 Å². The average molecular weight is 354 g/mol. The van der Waals surface area contributed by atoms with Crippen molar-refractivity contribution in [2.75, 3.05) is 37.7 Å². The largest absolute Gasteiger partial charge is 0.378 e. The number of hydrogen-bond donors (Lipinski definition) is 0. The maximum atomic E-state index is 12.6. The first-order chi connectivity index (χ1) is 12.6. The molecule has 6 heteroatoms. The molecule has 0 spiro atoms. The molecule has 2 aromatic carbocycles. The summed E-state index contributed by atoms with van der Waals surface area (Å²) in [5.74, 6) is -0.494. The summed E-state index contributed by atoms with van der Waals surface area (Å²) in [6.45, 7) is 2.85. The lowest BCUT2D eigenvalue weighted by Crippen LogP contribution is -2.36. The van der Waals surface area contributed by atoms with Crippen molar-refractivity contribution in [3.05, 3.63) is 75.8 Å². The molecule has 1 aliphatic heterocycles. The highest BCUT2D eigenvalue weighted by Crippen LogP contribution is 2.23. The number of anilines is 1. The van der Waals surface area contributed by atoms with Crippen LogP contribution in [0.3, 0.4) is 0 Å². The lowest BCUT2D eigenvalue weighted by atomic mass is 9.91. The van der Waals surface area contributed by atoms with Gasteiger partial charge in [-0.2, -0.15) is 0 Å². The Hall–Kier alpha value is -2.73. The van der Waals surface area contributed by atoms with Crippen LogP contribution in [0.2, 0.25) is 0 Å². The van der Waals surface area contributed by atoms with Crippen LogP contribution in [0.25, 0.3) is 0 Å². The van der Waals surface area contributed by atoms with Gasteiger partial charge in [0.1, 0.15) is 0 Å². The third-order valence-electron chi connectivity index (χ3n) is 4.64. The number of carbonyl (C=O) groups excluding carboxylic acids is 1. The van der Waals surface area contributed by atoms with Crippen molar-refractivity contribution < 1.29 is 14.5 Å². The van der Waals surface area contributed by atoms with Crippen LogP contribution in [0.15, 0.2) is 54.6 Å². The molecule has 0 aliphatic carbocycles. The highest BCUT2D eigenvalue weighted by atomic mass is 16.6. The topological polar surface area (TPSA) is 72.7 Å². The molecule has 0 aromatic heterocycles. The Morgan fingerprint density at radius 2 is 1.73 bits per heavy atom. The molecular formula is C20H22N2O4. The number of Topliss-reactive ketones (excluding diaryl/α,β-unsaturated/α-hetero) is 1. The van der Waals surface area contributed by atoms with Crippen molar-refractivity contribution in [3.8, 4) is 0 Å². The number of morpholine rings is 1. The molecule has 0 saturated carbocycles. The van der Waals surface area contributed by atoms with E-state index in [2.05, 4.69) is 4.90 Å². The van der Waals surface area contributed by atoms with Crippen molar-refractivity contribution in [3.63, 3.8) is 0 Å². The zero-order chi connectivity index (χ0) is 18.4. The van der Waals surface area contributed by atoms with E-state index in [9.17, 15) is 14.9 Å². The van der Waals surface area contributed by atoms with Gasteiger partial charge in [-0.05, 0) is 29.8 Å². The standard InChI is InChI=1S/C20H22N2O4/c23-20(14-18(15-22(24)25)16-4-2-1-3-5-16)17-6-8-19(9-7-17)21-10-12-26-13-11-21/h1-9,18H,10-15H2. The molecule has 1 atom stereocenters. The van der Waals surface area contributed by atoms with E-state index in [-0.39, 0.29) is 23.7 Å². The third kappa shape index (κ3) is 4.67. The smallest absolute Gasteiger partial charge is 0.211 e. The summed E-state index contributed by atoms with van der Waals surface area (Å²) in [7, 11) is 0. The van der Waals surface area contributed by atoms with Crippen molar-refractivity contribution in [2.24, 2.45) is 0 Å². The van der Waals surface area contributed by atoms with E-state index >= 15 is 0 Å². The van der Waals surface area contributed by atoms with Crippen LogP contribution in [0.5, 0.6) is 0 Å². The fraction of sp³-hybridized carbons (Fsp3) is 0.350. The lowest BCUT2D eigenvalue weighted by Gasteiger charge is -2.28. The number of carbonyl (C=O) groups is 1. The average Bonchev–Trinajstić information content (AvgIpc) is 2.68. The number of nitro groups is 1. The Bertz CT molecular complexity index is 740. The molecule has 1 saturated heterocycles. The molecule has 1 aliphatic rings. The second-order valence-electron chi connectivity index (χ2n) is 6.40. The van der Waals surface area contributed by atoms with Gasteiger partial charge in [-0.15, -0.1) is 0 Å². The van der Waals surface area contributed by atoms with Crippen LogP contribution in [0.1, 0.15) is 28.3 Å². The van der Waals surface area contributed by atoms with Crippen molar-refractivity contribution >= 4 is 11.5 Å². The molecule has 1 unspecified atom stereocenters. The molecule has 136 valence electrons. The fourth-order valence-electron chi connectivity index (χ4n) is 3.21. The molecule has 0 N–H and O–H groups in total. The summed E-state index contributed by atoms with van der Waals surface area (Å²) < 4.78 is 5.35. The van der Waals surface area contributed by atoms with Crippen LogP contribution in [-0.4, -0.2) is 43.6 Å². The Labute approximate surface area is 152 Å². The van der Waals surface area contributed by atoms with Crippen molar-refractivity contribution in [1.29, 1.82) is 0 Å². The maximum absolute atomic E-state index is 12.6. The predicted molar refractivity (Wildman–Crippen MR) is 99.5 cm³/mol. The van der Waals surface area contributed by atoms with Crippen LogP contribution in [-0.2, 0) is 4.74 Å². The first-order valence-corrected chi connectivity index (χ1v) is 8.76. The molecule has 0 amide bonds. The first-order valence-electron chi connectivity index (χ1n) is 8.76. The first kappa shape index (κ1) is 18.1. The van der Waals surface area contributed by atoms with Crippen LogP contribution in [0.4, 0.5) is 5.69 Å². The SMILES string of the molecule is O=C(CC(C[N+](=O)[O-])c1ccccc1)c1ccc(N2CCOCC2)cc1. The highest BCUT2D eigenvalue weighted by molar-refractivity contribution is 5.96. The van der Waals surface area contributed by atoms with E-state index in [4.69, 9.17) is 4.74 Å². The maximum Gasteiger partial charge on any atom is 0.211 e. The van der Waals surface area contributed by atoms with E-state index in [0.29, 0.717) is 18.8 Å². The lowest BCUT2D eigenvalue weighted by molar-refractivity contribution is -0.483. The molecule has 1 heterocycles. The summed E-state index contributed by atoms with van der Waals surface area (Å²) in [6.07, 6.45) is 0.127. The minimum Gasteiger partial charge on any atom is -0.378 e. The van der Waals surface area contributed by atoms with E-state index in [1.54, 1.807) is 12.1 Å². The highest BCUT2D eigenvalue weighted by Gasteiger charge is 2.22. The molecular weight excluding hydrogens is 332 g/mol. The number of ketones is 1. The second-order valence-corrected chi connectivity index (χ2v) is 6.40. The molecule has 2 aromatic rings. The summed E-state index contributed by atoms with van der Waals surface area (Å²) in [5, 5.41) is 11.0. The van der Waals surface area contributed by atoms with Gasteiger partial charge < -0.3 is 9.64 Å². The van der Waals surface area contributed by atoms with Crippen LogP contribution < -0.4 is 4.90 Å². The van der Waals surface area contributed by atoms with Gasteiger partial charge in [0.15, 0.2) is 5.78 Å². The van der Waals surface area contributed by atoms with Crippen molar-refractivity contribution in [2.45, 2.75) is 12.3 Å². The summed E-state index contributed by atoms with van der Waals surface area (Å²) in [4.78, 5) is 25.5. The molecule has 0 bridgehead atoms. The molecule has 6 nitrogen and oxygen atoms in total. The fourth-order valence-corrected chi connectivity index (χ4v) is 3.21. The second kappa shape index (κ2) is 8.58. The molecule has 1 fully saturated rings. The van der Waals surface area contributed by atoms with E-state index in [1.807, 2.05) is 42.5 Å². The van der Waals surface area contributed by atoms with E-state index < -0.39 is 5.92 Å². The Morgan fingerprint density at radius 1 is 1.08 bits per heavy atom. The normalized spacial score (nSPS) is 15.5. The van der Waals surface area contributed by atoms with Crippen molar-refractivity contribution in [1.82, 2.24) is 0 Å². The Morgan fingerprint density at radius 3 is 2.35 bits per heavy atom. The van der Waals surface area contributed by atoms with E-state index in [0.717, 1.165) is 24.3 Å². The predicted octanol–water partition coefficient (Wildman–Crippen LogP) is 3.16. The van der Waals surface area contributed by atoms with Crippen LogP contribution >= 0.6 is 0 Å². The minimum atomic E-state index is -0.419. The van der Waals surface area contributed by atoms with Gasteiger partial charge in [0.05, 0.1) is 19.1 Å². The number of hydrogen-bond acceptors (Lipinski definition) is 5. The number of benzene rings is 2. The minimum absolute atomic E-state index is 0.0748. The number of rotatable bonds is 7. The quantitative estimate of drug-likeness (QED) is 0.434. The van der Waals surface area contributed by atoms with Gasteiger partial charge in [-0.1, -0.05) is 30.3 Å². The van der Waals surface area contributed by atoms with Gasteiger partial charge in [0.2, 0.25) is 6.54 Å². The van der Waals surface area contributed by atoms with Crippen LogP contribution in [0, 0.1) is 10.1 Å². The Balaban J connectivity index is 1.69. The number of nitrogens with zero attached hydrogens (tertiary/aromatic N) is 2.